The lowest BCUT2D eigenvalue weighted by atomic mass is 10.2. The first-order valence-electron chi connectivity index (χ1n) is 8.69. The Labute approximate surface area is 175 Å². The Morgan fingerprint density at radius 1 is 1.24 bits per heavy atom. The van der Waals surface area contributed by atoms with Gasteiger partial charge < -0.3 is 9.84 Å². The molecule has 29 heavy (non-hydrogen) atoms. The summed E-state index contributed by atoms with van der Waals surface area (Å²) >= 11 is 3.29. The first-order valence-corrected chi connectivity index (χ1v) is 9.48. The van der Waals surface area contributed by atoms with Crippen molar-refractivity contribution in [3.63, 3.8) is 0 Å². The molecule has 0 saturated carbocycles. The normalized spacial score (nSPS) is 11.3. The van der Waals surface area contributed by atoms with Crippen LogP contribution in [0.15, 0.2) is 58.5 Å². The summed E-state index contributed by atoms with van der Waals surface area (Å²) < 4.78 is 7.45. The van der Waals surface area contributed by atoms with Crippen molar-refractivity contribution in [2.75, 3.05) is 12.5 Å². The fraction of sp³-hybridized carbons (Fsp3) is 0.100. The van der Waals surface area contributed by atoms with Gasteiger partial charge in [0.15, 0.2) is 23.0 Å². The van der Waals surface area contributed by atoms with Crippen molar-refractivity contribution in [2.24, 2.45) is 5.10 Å². The van der Waals surface area contributed by atoms with Crippen LogP contribution in [0.25, 0.3) is 16.7 Å². The number of hydrogen-bond donors (Lipinski definition) is 2. The summed E-state index contributed by atoms with van der Waals surface area (Å²) in [7, 11) is 1.49. The second kappa shape index (κ2) is 7.88. The van der Waals surface area contributed by atoms with Crippen LogP contribution in [0.4, 0.5) is 5.82 Å². The highest BCUT2D eigenvalue weighted by molar-refractivity contribution is 9.10. The molecule has 0 spiro atoms. The number of fused-ring (bicyclic) bond motifs is 1. The van der Waals surface area contributed by atoms with E-state index < -0.39 is 0 Å². The highest BCUT2D eigenvalue weighted by atomic mass is 79.9. The second-order valence-electron chi connectivity index (χ2n) is 6.23. The highest BCUT2D eigenvalue weighted by Gasteiger charge is 2.12. The number of phenolic OH excluding ortho intramolecular Hbond substituents is 1. The summed E-state index contributed by atoms with van der Waals surface area (Å²) in [5.74, 6) is 0.930. The van der Waals surface area contributed by atoms with E-state index in [0.717, 1.165) is 22.2 Å². The van der Waals surface area contributed by atoms with Gasteiger partial charge in [0.05, 0.1) is 35.1 Å². The molecule has 4 rings (SSSR count). The van der Waals surface area contributed by atoms with E-state index >= 15 is 0 Å². The molecule has 8 nitrogen and oxygen atoms in total. The molecule has 0 unspecified atom stereocenters. The number of ether oxygens (including phenoxy) is 1. The molecule has 0 saturated heterocycles. The molecular weight excluding hydrogens is 436 g/mol. The predicted octanol–water partition coefficient (Wildman–Crippen LogP) is 4.05. The largest absolute Gasteiger partial charge is 0.503 e. The Kier molecular flexibility index (Phi) is 5.13. The summed E-state index contributed by atoms with van der Waals surface area (Å²) in [6.45, 7) is 2.03. The van der Waals surface area contributed by atoms with Gasteiger partial charge in [-0.05, 0) is 52.2 Å². The number of aromatic hydroxyl groups is 1. The molecule has 2 N–H and O–H groups in total. The van der Waals surface area contributed by atoms with Gasteiger partial charge in [0.2, 0.25) is 0 Å². The van der Waals surface area contributed by atoms with Crippen molar-refractivity contribution < 1.29 is 9.84 Å². The Bertz CT molecular complexity index is 1220. The molecule has 2 aromatic heterocycles. The quantitative estimate of drug-likeness (QED) is 0.350. The van der Waals surface area contributed by atoms with Crippen LogP contribution in [0.1, 0.15) is 11.1 Å². The van der Waals surface area contributed by atoms with Crippen molar-refractivity contribution in [3.8, 4) is 17.2 Å². The van der Waals surface area contributed by atoms with Gasteiger partial charge >= 0.3 is 0 Å². The first kappa shape index (κ1) is 18.9. The van der Waals surface area contributed by atoms with Gasteiger partial charge in [0, 0.05) is 0 Å². The van der Waals surface area contributed by atoms with E-state index in [2.05, 4.69) is 41.5 Å². The number of aromatic nitrogens is 4. The third-order valence-electron chi connectivity index (χ3n) is 4.36. The minimum Gasteiger partial charge on any atom is -0.503 e. The van der Waals surface area contributed by atoms with Gasteiger partial charge in [-0.2, -0.15) is 10.2 Å². The maximum absolute atomic E-state index is 9.90. The average Bonchev–Trinajstić information content (AvgIpc) is 3.15. The first-order chi connectivity index (χ1) is 14.1. The minimum atomic E-state index is 0.0405. The third kappa shape index (κ3) is 3.64. The van der Waals surface area contributed by atoms with Gasteiger partial charge in [-0.1, -0.05) is 18.2 Å². The molecule has 0 fully saturated rings. The summed E-state index contributed by atoms with van der Waals surface area (Å²) in [4.78, 5) is 8.65. The fourth-order valence-corrected chi connectivity index (χ4v) is 3.36. The molecule has 4 aromatic rings. The number of hydrazone groups is 1. The lowest BCUT2D eigenvalue weighted by Crippen LogP contribution is -2.01. The zero-order valence-corrected chi connectivity index (χ0v) is 17.3. The number of nitrogens with zero attached hydrogens (tertiary/aromatic N) is 5. The molecule has 0 aliphatic heterocycles. The number of aryl methyl sites for hydroxylation is 1. The van der Waals surface area contributed by atoms with Crippen LogP contribution in [-0.4, -0.2) is 38.2 Å². The van der Waals surface area contributed by atoms with Gasteiger partial charge in [-0.3, -0.25) is 5.43 Å². The van der Waals surface area contributed by atoms with Crippen molar-refractivity contribution in [3.05, 3.63) is 64.5 Å². The smallest absolute Gasteiger partial charge is 0.172 e. The summed E-state index contributed by atoms with van der Waals surface area (Å²) in [5, 5.41) is 19.4. The van der Waals surface area contributed by atoms with E-state index in [1.165, 1.54) is 13.4 Å². The Morgan fingerprint density at radius 2 is 2.07 bits per heavy atom. The Balaban J connectivity index is 1.64. The van der Waals surface area contributed by atoms with Crippen LogP contribution < -0.4 is 10.2 Å². The number of nitrogens with one attached hydrogen (secondary N) is 1. The SMILES string of the molecule is COc1cc(/C=N/Nc2ncnc3c2cnn3-c2ccccc2C)cc(Br)c1O. The molecule has 0 amide bonds. The van der Waals surface area contributed by atoms with E-state index in [1.807, 2.05) is 31.2 Å². The number of para-hydroxylation sites is 1. The number of anilines is 1. The molecule has 9 heteroatoms. The standard InChI is InChI=1S/C20H17BrN6O2/c1-12-5-3-4-6-16(12)27-20-14(10-25-27)19(22-11-23-20)26-24-9-13-7-15(21)18(28)17(8-13)29-2/h3-11,28H,1-2H3,(H,22,23,26)/b24-9+. The van der Waals surface area contributed by atoms with Crippen LogP contribution in [0.5, 0.6) is 11.5 Å². The number of benzene rings is 2. The van der Waals surface area contributed by atoms with Crippen molar-refractivity contribution in [2.45, 2.75) is 6.92 Å². The van der Waals surface area contributed by atoms with Crippen LogP contribution in [-0.2, 0) is 0 Å². The number of hydrogen-bond acceptors (Lipinski definition) is 7. The molecular formula is C20H17BrN6O2. The van der Waals surface area contributed by atoms with E-state index in [0.29, 0.717) is 21.7 Å². The lowest BCUT2D eigenvalue weighted by molar-refractivity contribution is 0.372. The minimum absolute atomic E-state index is 0.0405. The van der Waals surface area contributed by atoms with E-state index in [1.54, 1.807) is 29.2 Å². The summed E-state index contributed by atoms with van der Waals surface area (Å²) in [5.41, 5.74) is 6.40. The summed E-state index contributed by atoms with van der Waals surface area (Å²) in [6.07, 6.45) is 4.78. The zero-order valence-electron chi connectivity index (χ0n) is 15.7. The maximum Gasteiger partial charge on any atom is 0.172 e. The van der Waals surface area contributed by atoms with Crippen LogP contribution in [0.2, 0.25) is 0 Å². The van der Waals surface area contributed by atoms with Gasteiger partial charge in [-0.25, -0.2) is 14.6 Å². The third-order valence-corrected chi connectivity index (χ3v) is 4.97. The Morgan fingerprint density at radius 3 is 2.86 bits per heavy atom. The summed E-state index contributed by atoms with van der Waals surface area (Å²) in [6, 6.07) is 11.4. The van der Waals surface area contributed by atoms with Gasteiger partial charge in [0.25, 0.3) is 0 Å². The molecule has 2 heterocycles. The van der Waals surface area contributed by atoms with Gasteiger partial charge in [-0.15, -0.1) is 0 Å². The van der Waals surface area contributed by atoms with Crippen LogP contribution >= 0.6 is 15.9 Å². The van der Waals surface area contributed by atoms with Crippen molar-refractivity contribution >= 4 is 39.0 Å². The number of halogens is 1. The van der Waals surface area contributed by atoms with Gasteiger partial charge in [0.1, 0.15) is 6.33 Å². The lowest BCUT2D eigenvalue weighted by Gasteiger charge is -2.07. The molecule has 0 aliphatic carbocycles. The van der Waals surface area contributed by atoms with E-state index in [-0.39, 0.29) is 5.75 Å². The average molecular weight is 453 g/mol. The van der Waals surface area contributed by atoms with Crippen molar-refractivity contribution in [1.29, 1.82) is 0 Å². The molecule has 0 radical (unpaired) electrons. The van der Waals surface area contributed by atoms with Crippen LogP contribution in [0.3, 0.4) is 0 Å². The highest BCUT2D eigenvalue weighted by Crippen LogP contribution is 2.34. The Hall–Kier alpha value is -3.46. The van der Waals surface area contributed by atoms with E-state index in [9.17, 15) is 5.11 Å². The van der Waals surface area contributed by atoms with Crippen LogP contribution in [0, 0.1) is 6.92 Å². The number of methoxy groups -OCH3 is 1. The molecule has 0 aliphatic rings. The maximum atomic E-state index is 9.90. The zero-order chi connectivity index (χ0) is 20.4. The molecule has 2 aromatic carbocycles. The fourth-order valence-electron chi connectivity index (χ4n) is 2.90. The molecule has 0 bridgehead atoms. The van der Waals surface area contributed by atoms with Crippen molar-refractivity contribution in [1.82, 2.24) is 19.7 Å². The number of rotatable bonds is 5. The predicted molar refractivity (Wildman–Crippen MR) is 115 cm³/mol. The molecule has 146 valence electrons. The molecule has 0 atom stereocenters. The monoisotopic (exact) mass is 452 g/mol. The topological polar surface area (TPSA) is 97.5 Å². The second-order valence-corrected chi connectivity index (χ2v) is 7.08. The van der Waals surface area contributed by atoms with E-state index in [4.69, 9.17) is 4.74 Å². The number of phenols is 1.